The van der Waals surface area contributed by atoms with Gasteiger partial charge >= 0.3 is 0 Å². The molecule has 2 aromatic rings. The van der Waals surface area contributed by atoms with Gasteiger partial charge in [0.25, 0.3) is 0 Å². The Morgan fingerprint density at radius 1 is 1.10 bits per heavy atom. The van der Waals surface area contributed by atoms with Gasteiger partial charge in [-0.3, -0.25) is 0 Å². The summed E-state index contributed by atoms with van der Waals surface area (Å²) < 4.78 is 5.95. The minimum absolute atomic E-state index is 0.221. The zero-order valence-electron chi connectivity index (χ0n) is 12.9. The van der Waals surface area contributed by atoms with Gasteiger partial charge in [-0.05, 0) is 32.0 Å². The first-order valence-electron chi connectivity index (χ1n) is 7.18. The molecule has 0 aromatic heterocycles. The van der Waals surface area contributed by atoms with Crippen molar-refractivity contribution in [3.8, 4) is 5.75 Å². The van der Waals surface area contributed by atoms with Crippen molar-refractivity contribution in [3.05, 3.63) is 65.2 Å². The minimum atomic E-state index is -1.01. The highest BCUT2D eigenvalue weighted by molar-refractivity contribution is 5.41. The van der Waals surface area contributed by atoms with Crippen molar-refractivity contribution in [1.29, 1.82) is 0 Å². The second kappa shape index (κ2) is 6.74. The maximum absolute atomic E-state index is 10.6. The maximum Gasteiger partial charge on any atom is 0.126 e. The second-order valence-electron chi connectivity index (χ2n) is 5.52. The number of benzene rings is 2. The molecule has 0 aliphatic carbocycles. The Kier molecular flexibility index (Phi) is 4.99. The molecule has 2 aromatic carbocycles. The summed E-state index contributed by atoms with van der Waals surface area (Å²) in [5, 5.41) is 13.8. The Hall–Kier alpha value is -1.84. The van der Waals surface area contributed by atoms with E-state index in [-0.39, 0.29) is 6.61 Å². The normalized spacial score (nSPS) is 13.7. The molecule has 0 saturated heterocycles. The molecule has 3 heteroatoms. The minimum Gasteiger partial charge on any atom is -0.490 e. The van der Waals surface area contributed by atoms with Gasteiger partial charge in [-0.2, -0.15) is 0 Å². The van der Waals surface area contributed by atoms with Crippen LogP contribution in [0.2, 0.25) is 0 Å². The van der Waals surface area contributed by atoms with Gasteiger partial charge in [0.05, 0.1) is 0 Å². The van der Waals surface area contributed by atoms with Gasteiger partial charge in [0.15, 0.2) is 0 Å². The Morgan fingerprint density at radius 3 is 2.48 bits per heavy atom. The van der Waals surface area contributed by atoms with E-state index in [9.17, 15) is 5.11 Å². The predicted octanol–water partition coefficient (Wildman–Crippen LogP) is 3.00. The van der Waals surface area contributed by atoms with Crippen LogP contribution >= 0.6 is 0 Å². The molecule has 0 aliphatic rings. The van der Waals surface area contributed by atoms with Gasteiger partial charge in [0.1, 0.15) is 18.0 Å². The van der Waals surface area contributed by atoms with E-state index in [1.165, 1.54) is 0 Å². The van der Waals surface area contributed by atoms with Crippen molar-refractivity contribution >= 4 is 0 Å². The lowest BCUT2D eigenvalue weighted by molar-refractivity contribution is 0.00708. The van der Waals surface area contributed by atoms with Crippen LogP contribution in [-0.2, 0) is 12.1 Å². The van der Waals surface area contributed by atoms with Crippen LogP contribution in [0.1, 0.15) is 23.6 Å². The molecule has 0 radical (unpaired) electrons. The summed E-state index contributed by atoms with van der Waals surface area (Å²) in [6.45, 7) is 4.76. The first-order valence-corrected chi connectivity index (χ1v) is 7.18. The fraction of sp³-hybridized carbons (Fsp3) is 0.333. The number of para-hydroxylation sites is 1. The average molecular weight is 285 g/mol. The van der Waals surface area contributed by atoms with Crippen LogP contribution in [0.15, 0.2) is 48.5 Å². The third kappa shape index (κ3) is 3.84. The first-order chi connectivity index (χ1) is 10.0. The monoisotopic (exact) mass is 285 g/mol. The van der Waals surface area contributed by atoms with Crippen LogP contribution in [-0.4, -0.2) is 18.8 Å². The topological polar surface area (TPSA) is 41.5 Å². The predicted molar refractivity (Wildman–Crippen MR) is 85.5 cm³/mol. The van der Waals surface area contributed by atoms with E-state index in [1.807, 2.05) is 62.5 Å². The van der Waals surface area contributed by atoms with E-state index in [2.05, 4.69) is 5.32 Å². The van der Waals surface area contributed by atoms with Crippen molar-refractivity contribution in [2.24, 2.45) is 0 Å². The summed E-state index contributed by atoms with van der Waals surface area (Å²) in [6, 6.07) is 15.7. The van der Waals surface area contributed by atoms with Crippen molar-refractivity contribution in [1.82, 2.24) is 5.32 Å². The Labute approximate surface area is 126 Å². The molecule has 2 rings (SSSR count). The summed E-state index contributed by atoms with van der Waals surface area (Å²) in [5.74, 6) is 0.850. The van der Waals surface area contributed by atoms with Gasteiger partial charge in [0.2, 0.25) is 0 Å². The number of rotatable bonds is 6. The van der Waals surface area contributed by atoms with Crippen molar-refractivity contribution < 1.29 is 9.84 Å². The molecule has 0 spiro atoms. The first kappa shape index (κ1) is 15.5. The molecule has 1 atom stereocenters. The molecular formula is C18H23NO2. The molecule has 0 amide bonds. The number of nitrogens with one attached hydrogen (secondary N) is 1. The molecule has 0 saturated carbocycles. The van der Waals surface area contributed by atoms with E-state index in [0.717, 1.165) is 29.0 Å². The highest BCUT2D eigenvalue weighted by atomic mass is 16.5. The van der Waals surface area contributed by atoms with Crippen LogP contribution in [0, 0.1) is 6.92 Å². The Balaban J connectivity index is 2.16. The summed E-state index contributed by atoms with van der Waals surface area (Å²) in [4.78, 5) is 0. The quantitative estimate of drug-likeness (QED) is 0.857. The van der Waals surface area contributed by atoms with Gasteiger partial charge in [-0.25, -0.2) is 0 Å². The highest BCUT2D eigenvalue weighted by Gasteiger charge is 2.24. The molecule has 0 aliphatic heterocycles. The number of hydrogen-bond donors (Lipinski definition) is 2. The third-order valence-corrected chi connectivity index (χ3v) is 3.55. The lowest BCUT2D eigenvalue weighted by Crippen LogP contribution is -2.30. The zero-order valence-corrected chi connectivity index (χ0v) is 12.9. The molecule has 1 unspecified atom stereocenters. The summed E-state index contributed by atoms with van der Waals surface area (Å²) in [5.41, 5.74) is 2.02. The zero-order chi connectivity index (χ0) is 15.3. The van der Waals surface area contributed by atoms with E-state index >= 15 is 0 Å². The molecular weight excluding hydrogens is 262 g/mol. The van der Waals surface area contributed by atoms with Crippen LogP contribution in [0.5, 0.6) is 5.75 Å². The SMILES string of the molecule is CNCc1cccc(C)c1OCC(C)(O)c1ccccc1. The number of aliphatic hydroxyl groups is 1. The molecule has 0 fully saturated rings. The van der Waals surface area contributed by atoms with Crippen LogP contribution < -0.4 is 10.1 Å². The summed E-state index contributed by atoms with van der Waals surface area (Å²) >= 11 is 0. The van der Waals surface area contributed by atoms with E-state index in [1.54, 1.807) is 6.92 Å². The summed E-state index contributed by atoms with van der Waals surface area (Å²) in [7, 11) is 1.91. The largest absolute Gasteiger partial charge is 0.490 e. The maximum atomic E-state index is 10.6. The van der Waals surface area contributed by atoms with Crippen LogP contribution in [0.4, 0.5) is 0 Å². The molecule has 2 N–H and O–H groups in total. The second-order valence-corrected chi connectivity index (χ2v) is 5.52. The van der Waals surface area contributed by atoms with E-state index in [4.69, 9.17) is 4.74 Å². The molecule has 21 heavy (non-hydrogen) atoms. The van der Waals surface area contributed by atoms with Crippen LogP contribution in [0.25, 0.3) is 0 Å². The van der Waals surface area contributed by atoms with Gasteiger partial charge in [0, 0.05) is 12.1 Å². The number of hydrogen-bond acceptors (Lipinski definition) is 3. The Bertz CT molecular complexity index is 579. The molecule has 3 nitrogen and oxygen atoms in total. The van der Waals surface area contributed by atoms with Crippen molar-refractivity contribution in [2.45, 2.75) is 26.0 Å². The third-order valence-electron chi connectivity index (χ3n) is 3.55. The van der Waals surface area contributed by atoms with Gasteiger partial charge in [-0.15, -0.1) is 0 Å². The van der Waals surface area contributed by atoms with Crippen molar-refractivity contribution in [3.63, 3.8) is 0 Å². The molecule has 0 bridgehead atoms. The fourth-order valence-electron chi connectivity index (χ4n) is 2.34. The fourth-order valence-corrected chi connectivity index (χ4v) is 2.34. The van der Waals surface area contributed by atoms with E-state index in [0.29, 0.717) is 0 Å². The average Bonchev–Trinajstić information content (AvgIpc) is 2.48. The van der Waals surface area contributed by atoms with E-state index < -0.39 is 5.60 Å². The molecule has 112 valence electrons. The van der Waals surface area contributed by atoms with Gasteiger partial charge < -0.3 is 15.2 Å². The standard InChI is InChI=1S/C18H23NO2/c1-14-8-7-9-15(12-19-3)17(14)21-13-18(2,20)16-10-5-4-6-11-16/h4-11,19-20H,12-13H2,1-3H3. The highest BCUT2D eigenvalue weighted by Crippen LogP contribution is 2.27. The molecule has 0 heterocycles. The Morgan fingerprint density at radius 2 is 1.81 bits per heavy atom. The summed E-state index contributed by atoms with van der Waals surface area (Å²) in [6.07, 6.45) is 0. The lowest BCUT2D eigenvalue weighted by atomic mass is 9.97. The smallest absolute Gasteiger partial charge is 0.126 e. The lowest BCUT2D eigenvalue weighted by Gasteiger charge is -2.25. The number of aryl methyl sites for hydroxylation is 1. The number of ether oxygens (including phenoxy) is 1. The van der Waals surface area contributed by atoms with Crippen LogP contribution in [0.3, 0.4) is 0 Å². The van der Waals surface area contributed by atoms with Gasteiger partial charge in [-0.1, -0.05) is 48.5 Å². The van der Waals surface area contributed by atoms with Crippen molar-refractivity contribution in [2.75, 3.05) is 13.7 Å².